The van der Waals surface area contributed by atoms with Crippen LogP contribution in [0.2, 0.25) is 0 Å². The van der Waals surface area contributed by atoms with E-state index in [9.17, 15) is 0 Å². The first-order valence-corrected chi connectivity index (χ1v) is 8.56. The van der Waals surface area contributed by atoms with Crippen LogP contribution >= 0.6 is 0 Å². The minimum atomic E-state index is 0.870. The number of para-hydroxylation sites is 1. The van der Waals surface area contributed by atoms with E-state index in [-0.39, 0.29) is 0 Å². The van der Waals surface area contributed by atoms with Crippen LogP contribution in [0, 0.1) is 11.8 Å². The van der Waals surface area contributed by atoms with Crippen molar-refractivity contribution in [3.63, 3.8) is 0 Å². The van der Waals surface area contributed by atoms with Crippen LogP contribution in [0.4, 0.5) is 0 Å². The van der Waals surface area contributed by atoms with Gasteiger partial charge in [-0.25, -0.2) is 0 Å². The van der Waals surface area contributed by atoms with E-state index in [1.165, 1.54) is 57.8 Å². The second-order valence-electron chi connectivity index (χ2n) is 6.33. The third-order valence-electron chi connectivity index (χ3n) is 4.68. The smallest absolute Gasteiger partial charge is 0.119 e. The molecule has 20 heavy (non-hydrogen) atoms. The van der Waals surface area contributed by atoms with Crippen LogP contribution < -0.4 is 4.74 Å². The molecule has 0 atom stereocenters. The monoisotopic (exact) mass is 274 g/mol. The van der Waals surface area contributed by atoms with Crippen molar-refractivity contribution in [2.45, 2.75) is 64.7 Å². The van der Waals surface area contributed by atoms with Gasteiger partial charge in [0.15, 0.2) is 0 Å². The van der Waals surface area contributed by atoms with Crippen LogP contribution in [-0.2, 0) is 0 Å². The summed E-state index contributed by atoms with van der Waals surface area (Å²) < 4.78 is 5.74. The third-order valence-corrected chi connectivity index (χ3v) is 4.68. The lowest BCUT2D eigenvalue weighted by atomic mass is 9.78. The first-order valence-electron chi connectivity index (χ1n) is 8.56. The van der Waals surface area contributed by atoms with Gasteiger partial charge in [0.1, 0.15) is 5.75 Å². The maximum absolute atomic E-state index is 5.74. The van der Waals surface area contributed by atoms with E-state index >= 15 is 0 Å². The highest BCUT2D eigenvalue weighted by Gasteiger charge is 2.19. The summed E-state index contributed by atoms with van der Waals surface area (Å²) in [6.45, 7) is 3.19. The van der Waals surface area contributed by atoms with Crippen LogP contribution in [0.5, 0.6) is 5.75 Å². The van der Waals surface area contributed by atoms with Crippen molar-refractivity contribution >= 4 is 0 Å². The van der Waals surface area contributed by atoms with E-state index in [2.05, 4.69) is 6.92 Å². The molecule has 0 unspecified atom stereocenters. The molecule has 1 aliphatic carbocycles. The number of rotatable bonds is 8. The lowest BCUT2D eigenvalue weighted by molar-refractivity contribution is 0.239. The van der Waals surface area contributed by atoms with Crippen molar-refractivity contribution < 1.29 is 4.74 Å². The first-order chi connectivity index (χ1) is 9.88. The van der Waals surface area contributed by atoms with Gasteiger partial charge >= 0.3 is 0 Å². The standard InChI is InChI=1S/C19H30O/c1-2-8-17-12-14-18(15-13-17)9-6-7-16-20-19-10-4-3-5-11-19/h3-5,10-11,17-18H,2,6-9,12-16H2,1H3/t17-,18-. The Bertz CT molecular complexity index is 338. The van der Waals surface area contributed by atoms with Gasteiger partial charge in [0, 0.05) is 0 Å². The number of benzene rings is 1. The maximum Gasteiger partial charge on any atom is 0.119 e. The molecule has 1 saturated carbocycles. The topological polar surface area (TPSA) is 9.23 Å². The molecule has 0 amide bonds. The van der Waals surface area contributed by atoms with Gasteiger partial charge in [-0.2, -0.15) is 0 Å². The quantitative estimate of drug-likeness (QED) is 0.541. The van der Waals surface area contributed by atoms with Gasteiger partial charge in [0.25, 0.3) is 0 Å². The molecule has 2 rings (SSSR count). The second kappa shape index (κ2) is 9.05. The van der Waals surface area contributed by atoms with Crippen molar-refractivity contribution in [3.8, 4) is 5.75 Å². The van der Waals surface area contributed by atoms with Gasteiger partial charge < -0.3 is 4.74 Å². The molecule has 0 radical (unpaired) electrons. The van der Waals surface area contributed by atoms with E-state index in [0.29, 0.717) is 0 Å². The van der Waals surface area contributed by atoms with Crippen molar-refractivity contribution in [2.24, 2.45) is 11.8 Å². The van der Waals surface area contributed by atoms with E-state index < -0.39 is 0 Å². The van der Waals surface area contributed by atoms with Gasteiger partial charge in [0.05, 0.1) is 6.61 Å². The highest BCUT2D eigenvalue weighted by Crippen LogP contribution is 2.33. The minimum absolute atomic E-state index is 0.870. The van der Waals surface area contributed by atoms with Gasteiger partial charge in [-0.05, 0) is 36.8 Å². The van der Waals surface area contributed by atoms with E-state index in [4.69, 9.17) is 4.74 Å². The van der Waals surface area contributed by atoms with Gasteiger partial charge in [-0.15, -0.1) is 0 Å². The molecule has 1 aliphatic rings. The molecule has 0 saturated heterocycles. The summed E-state index contributed by atoms with van der Waals surface area (Å²) in [5.74, 6) is 3.05. The van der Waals surface area contributed by atoms with Gasteiger partial charge in [-0.1, -0.05) is 70.1 Å². The summed E-state index contributed by atoms with van der Waals surface area (Å²) in [6, 6.07) is 10.2. The molecule has 0 spiro atoms. The highest BCUT2D eigenvalue weighted by molar-refractivity contribution is 5.20. The number of ether oxygens (including phenoxy) is 1. The lowest BCUT2D eigenvalue weighted by Crippen LogP contribution is -2.14. The SMILES string of the molecule is CCC[C@H]1CC[C@H](CCCCOc2ccccc2)CC1. The van der Waals surface area contributed by atoms with Crippen LogP contribution in [0.3, 0.4) is 0 Å². The van der Waals surface area contributed by atoms with Crippen molar-refractivity contribution in [1.82, 2.24) is 0 Å². The van der Waals surface area contributed by atoms with E-state index in [1.807, 2.05) is 30.3 Å². The average molecular weight is 274 g/mol. The zero-order chi connectivity index (χ0) is 14.0. The third kappa shape index (κ3) is 5.56. The Morgan fingerprint density at radius 2 is 1.55 bits per heavy atom. The summed E-state index contributed by atoms with van der Waals surface area (Å²) in [5.41, 5.74) is 0. The largest absolute Gasteiger partial charge is 0.494 e. The molecule has 112 valence electrons. The number of hydrogen-bond donors (Lipinski definition) is 0. The summed E-state index contributed by atoms with van der Waals surface area (Å²) in [4.78, 5) is 0. The molecule has 0 N–H and O–H groups in total. The Morgan fingerprint density at radius 3 is 2.20 bits per heavy atom. The minimum Gasteiger partial charge on any atom is -0.494 e. The molecule has 0 aromatic heterocycles. The van der Waals surface area contributed by atoms with Crippen molar-refractivity contribution in [3.05, 3.63) is 30.3 Å². The van der Waals surface area contributed by atoms with Crippen LogP contribution in [-0.4, -0.2) is 6.61 Å². The Kier molecular flexibility index (Phi) is 6.97. The maximum atomic E-state index is 5.74. The zero-order valence-corrected chi connectivity index (χ0v) is 13.0. The Morgan fingerprint density at radius 1 is 0.900 bits per heavy atom. The molecule has 1 aromatic carbocycles. The molecular weight excluding hydrogens is 244 g/mol. The average Bonchev–Trinajstić information content (AvgIpc) is 2.50. The Labute approximate surface area is 124 Å². The van der Waals surface area contributed by atoms with E-state index in [1.54, 1.807) is 0 Å². The molecule has 1 nitrogen and oxygen atoms in total. The van der Waals surface area contributed by atoms with Crippen LogP contribution in [0.15, 0.2) is 30.3 Å². The fourth-order valence-corrected chi connectivity index (χ4v) is 3.46. The molecular formula is C19H30O. The van der Waals surface area contributed by atoms with Gasteiger partial charge in [0.2, 0.25) is 0 Å². The number of unbranched alkanes of at least 4 members (excludes halogenated alkanes) is 1. The normalized spacial score (nSPS) is 22.6. The fraction of sp³-hybridized carbons (Fsp3) is 0.684. The highest BCUT2D eigenvalue weighted by atomic mass is 16.5. The summed E-state index contributed by atoms with van der Waals surface area (Å²) >= 11 is 0. The Balaban J connectivity index is 1.50. The Hall–Kier alpha value is -0.980. The molecule has 1 heteroatoms. The predicted molar refractivity (Wildman–Crippen MR) is 86.1 cm³/mol. The fourth-order valence-electron chi connectivity index (χ4n) is 3.46. The number of hydrogen-bond acceptors (Lipinski definition) is 1. The lowest BCUT2D eigenvalue weighted by Gasteiger charge is -2.28. The van der Waals surface area contributed by atoms with E-state index in [0.717, 1.165) is 24.2 Å². The van der Waals surface area contributed by atoms with Crippen molar-refractivity contribution in [2.75, 3.05) is 6.61 Å². The van der Waals surface area contributed by atoms with Crippen LogP contribution in [0.1, 0.15) is 64.7 Å². The summed E-state index contributed by atoms with van der Waals surface area (Å²) in [6.07, 6.45) is 12.7. The molecule has 1 fully saturated rings. The summed E-state index contributed by atoms with van der Waals surface area (Å²) in [7, 11) is 0. The predicted octanol–water partition coefficient (Wildman–Crippen LogP) is 5.84. The second-order valence-corrected chi connectivity index (χ2v) is 6.33. The van der Waals surface area contributed by atoms with Crippen LogP contribution in [0.25, 0.3) is 0 Å². The summed E-state index contributed by atoms with van der Waals surface area (Å²) in [5, 5.41) is 0. The van der Waals surface area contributed by atoms with Crippen molar-refractivity contribution in [1.29, 1.82) is 0 Å². The first kappa shape index (κ1) is 15.4. The zero-order valence-electron chi connectivity index (χ0n) is 13.0. The molecule has 0 aliphatic heterocycles. The van der Waals surface area contributed by atoms with Gasteiger partial charge in [-0.3, -0.25) is 0 Å². The molecule has 0 heterocycles. The molecule has 1 aromatic rings. The molecule has 0 bridgehead atoms.